The molecule has 22 heavy (non-hydrogen) atoms. The highest BCUT2D eigenvalue weighted by molar-refractivity contribution is 5.99. The number of hydrogen-bond acceptors (Lipinski definition) is 2. The molecule has 1 aromatic carbocycles. The van der Waals surface area contributed by atoms with Gasteiger partial charge in [0.1, 0.15) is 0 Å². The Labute approximate surface area is 133 Å². The second-order valence-electron chi connectivity index (χ2n) is 5.66. The molecule has 0 spiro atoms. The lowest BCUT2D eigenvalue weighted by atomic mass is 10.1. The van der Waals surface area contributed by atoms with Crippen LogP contribution in [0.4, 0.5) is 0 Å². The largest absolute Gasteiger partial charge is 0.350 e. The van der Waals surface area contributed by atoms with Crippen LogP contribution in [-0.2, 0) is 0 Å². The van der Waals surface area contributed by atoms with Crippen molar-refractivity contribution in [2.24, 2.45) is 0 Å². The number of nitrogens with zero attached hydrogens (tertiary/aromatic N) is 1. The molecule has 1 aromatic rings. The second kappa shape index (κ2) is 9.23. The number of nitrogens with one attached hydrogen (secondary N) is 1. The second-order valence-corrected chi connectivity index (χ2v) is 5.66. The third-order valence-electron chi connectivity index (χ3n) is 3.64. The van der Waals surface area contributed by atoms with E-state index in [-0.39, 0.29) is 17.9 Å². The first kappa shape index (κ1) is 18.2. The van der Waals surface area contributed by atoms with E-state index in [0.29, 0.717) is 11.1 Å². The van der Waals surface area contributed by atoms with Crippen LogP contribution in [0.2, 0.25) is 0 Å². The third kappa shape index (κ3) is 5.17. The molecule has 0 bridgehead atoms. The van der Waals surface area contributed by atoms with Crippen molar-refractivity contribution in [2.45, 2.75) is 53.0 Å². The van der Waals surface area contributed by atoms with Gasteiger partial charge in [0.05, 0.1) is 0 Å². The Kier molecular flexibility index (Phi) is 7.64. The summed E-state index contributed by atoms with van der Waals surface area (Å²) in [5.41, 5.74) is 1.12. The maximum atomic E-state index is 12.6. The third-order valence-corrected chi connectivity index (χ3v) is 3.64. The Balaban J connectivity index is 2.90. The van der Waals surface area contributed by atoms with E-state index in [1.54, 1.807) is 24.3 Å². The van der Waals surface area contributed by atoms with Gasteiger partial charge in [-0.3, -0.25) is 9.59 Å². The standard InChI is InChI=1S/C18H28N2O2/c1-5-11-20(12-6-2)18(22)16-10-8-9-15(13-16)17(21)19-14(4)7-3/h8-10,13-14H,5-7,11-12H2,1-4H3,(H,19,21). The van der Waals surface area contributed by atoms with Gasteiger partial charge in [-0.25, -0.2) is 0 Å². The summed E-state index contributed by atoms with van der Waals surface area (Å²) in [7, 11) is 0. The van der Waals surface area contributed by atoms with Crippen LogP contribution >= 0.6 is 0 Å². The van der Waals surface area contributed by atoms with Gasteiger partial charge in [-0.05, 0) is 44.4 Å². The molecule has 0 fully saturated rings. The van der Waals surface area contributed by atoms with Gasteiger partial charge in [-0.1, -0.05) is 26.8 Å². The molecule has 4 heteroatoms. The lowest BCUT2D eigenvalue weighted by Crippen LogP contribution is -2.34. The molecule has 0 aliphatic rings. The summed E-state index contributed by atoms with van der Waals surface area (Å²) in [5.74, 6) is -0.122. The summed E-state index contributed by atoms with van der Waals surface area (Å²) in [6.07, 6.45) is 2.74. The number of carbonyl (C=O) groups is 2. The highest BCUT2D eigenvalue weighted by atomic mass is 16.2. The molecule has 1 rings (SSSR count). The highest BCUT2D eigenvalue weighted by Crippen LogP contribution is 2.10. The summed E-state index contributed by atoms with van der Waals surface area (Å²) >= 11 is 0. The average Bonchev–Trinajstić information content (AvgIpc) is 2.53. The summed E-state index contributed by atoms with van der Waals surface area (Å²) in [6.45, 7) is 9.61. The van der Waals surface area contributed by atoms with Crippen molar-refractivity contribution in [1.29, 1.82) is 0 Å². The molecule has 0 heterocycles. The highest BCUT2D eigenvalue weighted by Gasteiger charge is 2.16. The number of carbonyl (C=O) groups excluding carboxylic acids is 2. The SMILES string of the molecule is CCCN(CCC)C(=O)c1cccc(C(=O)NC(C)CC)c1. The molecular weight excluding hydrogens is 276 g/mol. The predicted octanol–water partition coefficient (Wildman–Crippen LogP) is 3.48. The number of amides is 2. The fourth-order valence-corrected chi connectivity index (χ4v) is 2.24. The van der Waals surface area contributed by atoms with Crippen molar-refractivity contribution in [2.75, 3.05) is 13.1 Å². The maximum absolute atomic E-state index is 12.6. The fourth-order valence-electron chi connectivity index (χ4n) is 2.24. The summed E-state index contributed by atoms with van der Waals surface area (Å²) in [5, 5.41) is 2.93. The molecule has 4 nitrogen and oxygen atoms in total. The molecule has 1 N–H and O–H groups in total. The normalized spacial score (nSPS) is 11.8. The molecule has 0 aliphatic heterocycles. The predicted molar refractivity (Wildman–Crippen MR) is 90.1 cm³/mol. The zero-order chi connectivity index (χ0) is 16.5. The van der Waals surface area contributed by atoms with Crippen molar-refractivity contribution in [3.8, 4) is 0 Å². The van der Waals surface area contributed by atoms with E-state index in [4.69, 9.17) is 0 Å². The van der Waals surface area contributed by atoms with Gasteiger partial charge in [0.25, 0.3) is 11.8 Å². The number of benzene rings is 1. The molecule has 0 saturated heterocycles. The average molecular weight is 304 g/mol. The first-order valence-electron chi connectivity index (χ1n) is 8.23. The van der Waals surface area contributed by atoms with Crippen LogP contribution in [0.15, 0.2) is 24.3 Å². The maximum Gasteiger partial charge on any atom is 0.253 e. The summed E-state index contributed by atoms with van der Waals surface area (Å²) in [4.78, 5) is 26.6. The van der Waals surface area contributed by atoms with Crippen molar-refractivity contribution in [3.05, 3.63) is 35.4 Å². The van der Waals surface area contributed by atoms with Crippen molar-refractivity contribution in [3.63, 3.8) is 0 Å². The zero-order valence-corrected chi connectivity index (χ0v) is 14.2. The Bertz CT molecular complexity index is 494. The van der Waals surface area contributed by atoms with Crippen molar-refractivity contribution < 1.29 is 9.59 Å². The smallest absolute Gasteiger partial charge is 0.253 e. The minimum Gasteiger partial charge on any atom is -0.350 e. The van der Waals surface area contributed by atoms with Gasteiger partial charge >= 0.3 is 0 Å². The number of rotatable bonds is 8. The van der Waals surface area contributed by atoms with Crippen LogP contribution in [-0.4, -0.2) is 35.8 Å². The van der Waals surface area contributed by atoms with E-state index in [9.17, 15) is 9.59 Å². The van der Waals surface area contributed by atoms with Gasteiger partial charge in [0, 0.05) is 30.3 Å². The van der Waals surface area contributed by atoms with Gasteiger partial charge in [-0.2, -0.15) is 0 Å². The van der Waals surface area contributed by atoms with Gasteiger partial charge in [0.15, 0.2) is 0 Å². The van der Waals surface area contributed by atoms with Gasteiger partial charge in [-0.15, -0.1) is 0 Å². The molecule has 0 radical (unpaired) electrons. The lowest BCUT2D eigenvalue weighted by molar-refractivity contribution is 0.0755. The van der Waals surface area contributed by atoms with E-state index in [1.807, 2.05) is 18.7 Å². The van der Waals surface area contributed by atoms with Crippen LogP contribution in [0.5, 0.6) is 0 Å². The molecule has 2 amide bonds. The van der Waals surface area contributed by atoms with Crippen molar-refractivity contribution in [1.82, 2.24) is 10.2 Å². The van der Waals surface area contributed by atoms with E-state index < -0.39 is 0 Å². The van der Waals surface area contributed by atoms with Gasteiger partial charge < -0.3 is 10.2 Å². The molecule has 0 saturated carbocycles. The molecule has 1 atom stereocenters. The first-order chi connectivity index (χ1) is 10.5. The summed E-state index contributed by atoms with van der Waals surface area (Å²) < 4.78 is 0. The number of hydrogen-bond donors (Lipinski definition) is 1. The molecule has 122 valence electrons. The minimum absolute atomic E-state index is 0.00175. The minimum atomic E-state index is -0.124. The lowest BCUT2D eigenvalue weighted by Gasteiger charge is -2.21. The molecular formula is C18H28N2O2. The fraction of sp³-hybridized carbons (Fsp3) is 0.556. The van der Waals surface area contributed by atoms with Crippen LogP contribution < -0.4 is 5.32 Å². The Morgan fingerprint density at radius 2 is 1.68 bits per heavy atom. The van der Waals surface area contributed by atoms with Crippen LogP contribution in [0.3, 0.4) is 0 Å². The van der Waals surface area contributed by atoms with E-state index in [0.717, 1.165) is 32.4 Å². The van der Waals surface area contributed by atoms with Crippen LogP contribution in [0, 0.1) is 0 Å². The Morgan fingerprint density at radius 1 is 1.09 bits per heavy atom. The monoisotopic (exact) mass is 304 g/mol. The topological polar surface area (TPSA) is 49.4 Å². The molecule has 0 aliphatic carbocycles. The first-order valence-corrected chi connectivity index (χ1v) is 8.23. The molecule has 1 unspecified atom stereocenters. The van der Waals surface area contributed by atoms with Gasteiger partial charge in [0.2, 0.25) is 0 Å². The summed E-state index contributed by atoms with van der Waals surface area (Å²) in [6, 6.07) is 7.12. The van der Waals surface area contributed by atoms with E-state index >= 15 is 0 Å². The van der Waals surface area contributed by atoms with E-state index in [2.05, 4.69) is 19.2 Å². The zero-order valence-electron chi connectivity index (χ0n) is 14.2. The van der Waals surface area contributed by atoms with E-state index in [1.165, 1.54) is 0 Å². The molecule has 0 aromatic heterocycles. The van der Waals surface area contributed by atoms with Crippen LogP contribution in [0.25, 0.3) is 0 Å². The Morgan fingerprint density at radius 3 is 2.23 bits per heavy atom. The Hall–Kier alpha value is -1.84. The quantitative estimate of drug-likeness (QED) is 0.799. The van der Waals surface area contributed by atoms with Crippen LogP contribution in [0.1, 0.15) is 67.7 Å². The van der Waals surface area contributed by atoms with Crippen molar-refractivity contribution >= 4 is 11.8 Å².